The number of aromatic nitrogens is 3. The van der Waals surface area contributed by atoms with Crippen molar-refractivity contribution < 1.29 is 24.5 Å². The van der Waals surface area contributed by atoms with Gasteiger partial charge >= 0.3 is 0 Å². The number of fused-ring (bicyclic) bond motifs is 3. The zero-order valence-corrected chi connectivity index (χ0v) is 28.3. The number of halogens is 1. The number of nitrogens with zero attached hydrogens (tertiary/aromatic N) is 5. The first-order valence-corrected chi connectivity index (χ1v) is 16.9. The Morgan fingerprint density at radius 3 is 2.51 bits per heavy atom. The molecule has 2 aliphatic rings. The van der Waals surface area contributed by atoms with Crippen molar-refractivity contribution >= 4 is 44.8 Å². The number of carbonyl (C=O) groups excluding carboxylic acids is 2. The number of aliphatic hydroxyl groups is 2. The quantitative estimate of drug-likeness (QED) is 0.155. The highest BCUT2D eigenvalue weighted by Gasteiger charge is 2.52. The molecule has 7 rings (SSSR count). The lowest BCUT2D eigenvalue weighted by Gasteiger charge is -2.28. The molecule has 5 aromatic rings. The van der Waals surface area contributed by atoms with Crippen LogP contribution in [0, 0.1) is 5.92 Å². The van der Waals surface area contributed by atoms with Gasteiger partial charge in [0, 0.05) is 47.4 Å². The Bertz CT molecular complexity index is 2060. The monoisotopic (exact) mass is 719 g/mol. The number of anilines is 3. The van der Waals surface area contributed by atoms with Gasteiger partial charge in [-0.15, -0.1) is 5.10 Å². The number of carbonyl (C=O) groups is 2. The number of rotatable bonds is 10. The average Bonchev–Trinajstić information content (AvgIpc) is 3.60. The number of para-hydroxylation sites is 3. The van der Waals surface area contributed by atoms with Crippen molar-refractivity contribution in [1.29, 1.82) is 0 Å². The summed E-state index contributed by atoms with van der Waals surface area (Å²) in [6, 6.07) is 27.6. The SMILES string of the molecule is C[C@H](/C=C/CCn1cc(CCO)nn1)[C@@]1(O)C(=O)N(Cc2ccc(N3C(=O)c4ccccc4Oc4ccccc43)cc2)c2ccc(Br)cc21. The van der Waals surface area contributed by atoms with E-state index >= 15 is 0 Å². The smallest absolute Gasteiger partial charge is 0.266 e. The molecule has 0 unspecified atom stereocenters. The van der Waals surface area contributed by atoms with Gasteiger partial charge in [0.15, 0.2) is 11.4 Å². The lowest BCUT2D eigenvalue weighted by molar-refractivity contribution is -0.139. The third kappa shape index (κ3) is 6.05. The molecule has 10 nitrogen and oxygen atoms in total. The Morgan fingerprint density at radius 1 is 0.959 bits per heavy atom. The van der Waals surface area contributed by atoms with Crippen LogP contribution in [0.3, 0.4) is 0 Å². The summed E-state index contributed by atoms with van der Waals surface area (Å²) in [5, 5.41) is 29.3. The number of allylic oxidation sites excluding steroid dienone is 1. The van der Waals surface area contributed by atoms with Crippen LogP contribution < -0.4 is 14.5 Å². The predicted molar refractivity (Wildman–Crippen MR) is 189 cm³/mol. The molecule has 3 heterocycles. The van der Waals surface area contributed by atoms with Crippen molar-refractivity contribution in [1.82, 2.24) is 15.0 Å². The topological polar surface area (TPSA) is 121 Å². The summed E-state index contributed by atoms with van der Waals surface area (Å²) in [7, 11) is 0. The standard InChI is InChI=1S/C38H34BrN5O5/c1-25(8-6-7-20-42-24-28(19-21-45)40-41-42)38(48)31-22-27(39)15-18-32(31)43(37(38)47)23-26-13-16-29(17-14-26)44-33-10-3-5-12-35(33)49-34-11-4-2-9-30(34)36(44)46/h2-6,8-18,22,24-25,45,48H,7,19-21,23H2,1H3/b8-6+/t25-,38+/m1/s1. The van der Waals surface area contributed by atoms with Crippen molar-refractivity contribution in [2.45, 2.75) is 38.5 Å². The zero-order chi connectivity index (χ0) is 34.1. The van der Waals surface area contributed by atoms with E-state index in [1.165, 1.54) is 0 Å². The lowest BCUT2D eigenvalue weighted by atomic mass is 9.83. The highest BCUT2D eigenvalue weighted by molar-refractivity contribution is 9.10. The molecule has 0 fully saturated rings. The van der Waals surface area contributed by atoms with E-state index in [0.29, 0.717) is 59.1 Å². The minimum atomic E-state index is -1.77. The molecule has 2 N–H and O–H groups in total. The Balaban J connectivity index is 1.12. The van der Waals surface area contributed by atoms with Crippen molar-refractivity contribution in [3.8, 4) is 11.5 Å². The van der Waals surface area contributed by atoms with Crippen LogP contribution in [0.4, 0.5) is 17.1 Å². The number of amides is 2. The number of hydrogen-bond acceptors (Lipinski definition) is 7. The molecule has 0 bridgehead atoms. The summed E-state index contributed by atoms with van der Waals surface area (Å²) in [6.07, 6.45) is 6.69. The summed E-state index contributed by atoms with van der Waals surface area (Å²) in [4.78, 5) is 31.2. The molecular formula is C38H34BrN5O5. The average molecular weight is 721 g/mol. The first-order valence-electron chi connectivity index (χ1n) is 16.1. The molecule has 0 saturated carbocycles. The van der Waals surface area contributed by atoms with Crippen molar-refractivity contribution in [2.75, 3.05) is 16.4 Å². The summed E-state index contributed by atoms with van der Waals surface area (Å²) >= 11 is 3.52. The van der Waals surface area contributed by atoms with Gasteiger partial charge in [-0.2, -0.15) is 0 Å². The zero-order valence-electron chi connectivity index (χ0n) is 26.7. The molecule has 1 aromatic heterocycles. The minimum absolute atomic E-state index is 0.0164. The minimum Gasteiger partial charge on any atom is -0.454 e. The van der Waals surface area contributed by atoms with E-state index in [1.54, 1.807) is 38.9 Å². The van der Waals surface area contributed by atoms with Crippen LogP contribution in [0.5, 0.6) is 11.5 Å². The third-order valence-electron chi connectivity index (χ3n) is 8.98. The summed E-state index contributed by atoms with van der Waals surface area (Å²) in [5.41, 5.74) is 2.71. The van der Waals surface area contributed by atoms with Crippen molar-refractivity contribution in [3.05, 3.63) is 136 Å². The van der Waals surface area contributed by atoms with E-state index in [4.69, 9.17) is 9.84 Å². The van der Waals surface area contributed by atoms with Gasteiger partial charge in [0.2, 0.25) is 0 Å². The number of aryl methyl sites for hydroxylation is 1. The maximum absolute atomic E-state index is 14.1. The molecule has 2 amide bonds. The normalized spacial score (nSPS) is 17.5. The molecule has 0 spiro atoms. The molecule has 0 radical (unpaired) electrons. The Morgan fingerprint density at radius 2 is 1.71 bits per heavy atom. The second kappa shape index (κ2) is 13.4. The number of benzene rings is 4. The van der Waals surface area contributed by atoms with Crippen LogP contribution in [0.1, 0.15) is 40.5 Å². The number of hydrogen-bond donors (Lipinski definition) is 2. The van der Waals surface area contributed by atoms with Gasteiger partial charge in [-0.3, -0.25) is 19.2 Å². The summed E-state index contributed by atoms with van der Waals surface area (Å²) in [6.45, 7) is 2.66. The van der Waals surface area contributed by atoms with Crippen LogP contribution in [-0.2, 0) is 29.9 Å². The Kier molecular flexibility index (Phi) is 8.89. The molecule has 4 aromatic carbocycles. The summed E-state index contributed by atoms with van der Waals surface area (Å²) in [5.74, 6) is -0.0697. The van der Waals surface area contributed by atoms with Gasteiger partial charge in [-0.05, 0) is 66.6 Å². The van der Waals surface area contributed by atoms with Crippen LogP contribution >= 0.6 is 15.9 Å². The number of ether oxygens (including phenoxy) is 1. The summed E-state index contributed by atoms with van der Waals surface area (Å²) < 4.78 is 8.61. The molecule has 49 heavy (non-hydrogen) atoms. The maximum Gasteiger partial charge on any atom is 0.266 e. The van der Waals surface area contributed by atoms with Gasteiger partial charge in [-0.25, -0.2) is 0 Å². The Labute approximate surface area is 292 Å². The lowest BCUT2D eigenvalue weighted by Crippen LogP contribution is -2.44. The van der Waals surface area contributed by atoms with E-state index in [0.717, 1.165) is 15.7 Å². The highest BCUT2D eigenvalue weighted by atomic mass is 79.9. The van der Waals surface area contributed by atoms with E-state index in [-0.39, 0.29) is 19.1 Å². The fourth-order valence-electron chi connectivity index (χ4n) is 6.40. The molecule has 0 aliphatic carbocycles. The first kappa shape index (κ1) is 32.4. The fourth-order valence-corrected chi connectivity index (χ4v) is 6.76. The van der Waals surface area contributed by atoms with Crippen LogP contribution in [0.2, 0.25) is 0 Å². The predicted octanol–water partition coefficient (Wildman–Crippen LogP) is 6.68. The van der Waals surface area contributed by atoms with E-state index in [9.17, 15) is 14.7 Å². The van der Waals surface area contributed by atoms with Gasteiger partial charge in [0.1, 0.15) is 5.75 Å². The van der Waals surface area contributed by atoms with Crippen molar-refractivity contribution in [2.24, 2.45) is 5.92 Å². The number of aliphatic hydroxyl groups excluding tert-OH is 1. The van der Waals surface area contributed by atoms with Gasteiger partial charge in [0.25, 0.3) is 11.8 Å². The van der Waals surface area contributed by atoms with Crippen LogP contribution in [-0.4, -0.2) is 43.6 Å². The van der Waals surface area contributed by atoms with E-state index in [2.05, 4.69) is 26.2 Å². The van der Waals surface area contributed by atoms with E-state index < -0.39 is 17.4 Å². The molecule has 2 aliphatic heterocycles. The van der Waals surface area contributed by atoms with Crippen LogP contribution in [0.25, 0.3) is 0 Å². The largest absolute Gasteiger partial charge is 0.454 e. The second-order valence-electron chi connectivity index (χ2n) is 12.1. The molecule has 2 atom stereocenters. The fraction of sp³-hybridized carbons (Fsp3) is 0.211. The maximum atomic E-state index is 14.1. The molecule has 0 saturated heterocycles. The van der Waals surface area contributed by atoms with Crippen molar-refractivity contribution in [3.63, 3.8) is 0 Å². The molecule has 248 valence electrons. The first-order chi connectivity index (χ1) is 23.8. The van der Waals surface area contributed by atoms with Crippen LogP contribution in [0.15, 0.2) is 114 Å². The van der Waals surface area contributed by atoms with Gasteiger partial charge in [-0.1, -0.05) is 76.6 Å². The Hall–Kier alpha value is -5.10. The highest BCUT2D eigenvalue weighted by Crippen LogP contribution is 2.47. The molecular weight excluding hydrogens is 686 g/mol. The van der Waals surface area contributed by atoms with E-state index in [1.807, 2.05) is 91.9 Å². The van der Waals surface area contributed by atoms with Gasteiger partial charge < -0.3 is 19.8 Å². The third-order valence-corrected chi connectivity index (χ3v) is 9.47. The second-order valence-corrected chi connectivity index (χ2v) is 13.1. The molecule has 11 heteroatoms. The van der Waals surface area contributed by atoms with Gasteiger partial charge in [0.05, 0.1) is 29.2 Å².